The summed E-state index contributed by atoms with van der Waals surface area (Å²) in [6.07, 6.45) is 52.0. The molecule has 0 radical (unpaired) electrons. The lowest BCUT2D eigenvalue weighted by atomic mass is 10.0. The number of esters is 3. The van der Waals surface area contributed by atoms with Gasteiger partial charge in [-0.2, -0.15) is 0 Å². The summed E-state index contributed by atoms with van der Waals surface area (Å²) in [7, 11) is 0. The van der Waals surface area contributed by atoms with Crippen LogP contribution < -0.4 is 0 Å². The van der Waals surface area contributed by atoms with E-state index in [4.69, 9.17) is 14.2 Å². The van der Waals surface area contributed by atoms with Crippen LogP contribution in [0.5, 0.6) is 0 Å². The van der Waals surface area contributed by atoms with Crippen LogP contribution in [0.4, 0.5) is 0 Å². The molecule has 0 aliphatic heterocycles. The third-order valence-corrected chi connectivity index (χ3v) is 11.0. The number of carbonyl (C=O) groups is 3. The minimum atomic E-state index is -0.762. The molecule has 0 rings (SSSR count). The van der Waals surface area contributed by atoms with E-state index in [1.165, 1.54) is 154 Å². The summed E-state index contributed by atoms with van der Waals surface area (Å²) in [5, 5.41) is 0. The van der Waals surface area contributed by atoms with Crippen molar-refractivity contribution in [2.24, 2.45) is 0 Å². The summed E-state index contributed by atoms with van der Waals surface area (Å²) in [6.45, 7) is 6.55. The highest BCUT2D eigenvalue weighted by molar-refractivity contribution is 5.71. The van der Waals surface area contributed by atoms with Gasteiger partial charge >= 0.3 is 17.9 Å². The van der Waals surface area contributed by atoms with Crippen LogP contribution in [-0.2, 0) is 28.6 Å². The molecule has 0 fully saturated rings. The molecule has 0 saturated heterocycles. The second-order valence-electron chi connectivity index (χ2n) is 16.7. The van der Waals surface area contributed by atoms with Gasteiger partial charge in [-0.05, 0) is 51.4 Å². The highest BCUT2D eigenvalue weighted by Gasteiger charge is 2.19. The van der Waals surface area contributed by atoms with Crippen molar-refractivity contribution in [2.75, 3.05) is 13.2 Å². The van der Waals surface area contributed by atoms with Gasteiger partial charge in [0, 0.05) is 19.3 Å². The van der Waals surface area contributed by atoms with Gasteiger partial charge in [0.05, 0.1) is 0 Å². The van der Waals surface area contributed by atoms with Crippen molar-refractivity contribution >= 4 is 17.9 Å². The molecular formula is C51H94O6. The van der Waals surface area contributed by atoms with E-state index in [9.17, 15) is 14.4 Å². The van der Waals surface area contributed by atoms with E-state index < -0.39 is 6.10 Å². The first-order valence-electron chi connectivity index (χ1n) is 24.8. The lowest BCUT2D eigenvalue weighted by Gasteiger charge is -2.18. The van der Waals surface area contributed by atoms with Crippen molar-refractivity contribution in [3.05, 3.63) is 24.3 Å². The van der Waals surface area contributed by atoms with Gasteiger partial charge in [-0.1, -0.05) is 218 Å². The summed E-state index contributed by atoms with van der Waals surface area (Å²) in [5.41, 5.74) is 0. The Balaban J connectivity index is 4.05. The summed E-state index contributed by atoms with van der Waals surface area (Å²) in [4.78, 5) is 37.5. The monoisotopic (exact) mass is 803 g/mol. The van der Waals surface area contributed by atoms with Crippen LogP contribution in [0.15, 0.2) is 24.3 Å². The Morgan fingerprint density at radius 1 is 0.351 bits per heavy atom. The van der Waals surface area contributed by atoms with E-state index in [0.717, 1.165) is 70.6 Å². The smallest absolute Gasteiger partial charge is 0.306 e. The van der Waals surface area contributed by atoms with E-state index in [-0.39, 0.29) is 31.1 Å². The van der Waals surface area contributed by atoms with E-state index >= 15 is 0 Å². The number of hydrogen-bond acceptors (Lipinski definition) is 6. The molecule has 0 aliphatic rings. The predicted octanol–water partition coefficient (Wildman–Crippen LogP) is 16.0. The average molecular weight is 803 g/mol. The quantitative estimate of drug-likeness (QED) is 0.0264. The molecular weight excluding hydrogens is 709 g/mol. The molecule has 1 unspecified atom stereocenters. The number of unbranched alkanes of at least 4 members (excludes halogenated alkanes) is 30. The Bertz CT molecular complexity index is 927. The minimum absolute atomic E-state index is 0.0692. The zero-order valence-corrected chi connectivity index (χ0v) is 38.1. The molecule has 6 nitrogen and oxygen atoms in total. The number of hydrogen-bond donors (Lipinski definition) is 0. The maximum absolute atomic E-state index is 12.7. The van der Waals surface area contributed by atoms with Crippen molar-refractivity contribution < 1.29 is 28.6 Å². The van der Waals surface area contributed by atoms with Crippen molar-refractivity contribution in [1.82, 2.24) is 0 Å². The first-order valence-corrected chi connectivity index (χ1v) is 24.8. The van der Waals surface area contributed by atoms with Crippen molar-refractivity contribution in [1.29, 1.82) is 0 Å². The number of allylic oxidation sites excluding steroid dienone is 4. The van der Waals surface area contributed by atoms with Crippen LogP contribution in [0.3, 0.4) is 0 Å². The standard InChI is InChI=1S/C51H94O6/c1-4-7-10-13-15-17-19-20-21-22-23-24-25-26-27-28-29-30-32-33-35-38-41-44-50(53)56-47-48(46-55-49(52)43-40-37-12-9-6-3)57-51(54)45-42-39-36-34-31-18-16-14-11-8-5-2/h19-20,22-23,48H,4-18,21,24-47H2,1-3H3/b20-19-,23-22-. The average Bonchev–Trinajstić information content (AvgIpc) is 3.21. The Morgan fingerprint density at radius 2 is 0.632 bits per heavy atom. The van der Waals surface area contributed by atoms with Crippen LogP contribution in [0.1, 0.15) is 265 Å². The van der Waals surface area contributed by atoms with Gasteiger partial charge in [0.1, 0.15) is 13.2 Å². The van der Waals surface area contributed by atoms with Gasteiger partial charge in [0.2, 0.25) is 0 Å². The lowest BCUT2D eigenvalue weighted by Crippen LogP contribution is -2.30. The highest BCUT2D eigenvalue weighted by Crippen LogP contribution is 2.15. The molecule has 0 aromatic carbocycles. The summed E-state index contributed by atoms with van der Waals surface area (Å²) in [5.74, 6) is -0.877. The van der Waals surface area contributed by atoms with Crippen LogP contribution >= 0.6 is 0 Å². The Labute approximate surface area is 353 Å². The highest BCUT2D eigenvalue weighted by atomic mass is 16.6. The fraction of sp³-hybridized carbons (Fsp3) is 0.863. The molecule has 6 heteroatoms. The minimum Gasteiger partial charge on any atom is -0.462 e. The van der Waals surface area contributed by atoms with Gasteiger partial charge in [0.25, 0.3) is 0 Å². The third-order valence-electron chi connectivity index (χ3n) is 11.0. The van der Waals surface area contributed by atoms with Gasteiger partial charge in [-0.25, -0.2) is 0 Å². The molecule has 0 heterocycles. The molecule has 0 spiro atoms. The molecule has 0 aromatic heterocycles. The first-order chi connectivity index (χ1) is 28.0. The largest absolute Gasteiger partial charge is 0.462 e. The van der Waals surface area contributed by atoms with Crippen LogP contribution in [-0.4, -0.2) is 37.2 Å². The van der Waals surface area contributed by atoms with E-state index in [1.807, 2.05) is 0 Å². The van der Waals surface area contributed by atoms with E-state index in [0.29, 0.717) is 19.3 Å². The van der Waals surface area contributed by atoms with Gasteiger partial charge in [-0.3, -0.25) is 14.4 Å². The van der Waals surface area contributed by atoms with Crippen LogP contribution in [0.25, 0.3) is 0 Å². The van der Waals surface area contributed by atoms with Crippen LogP contribution in [0.2, 0.25) is 0 Å². The fourth-order valence-corrected chi connectivity index (χ4v) is 7.18. The van der Waals surface area contributed by atoms with Crippen molar-refractivity contribution in [3.8, 4) is 0 Å². The van der Waals surface area contributed by atoms with Crippen LogP contribution in [0, 0.1) is 0 Å². The zero-order chi connectivity index (χ0) is 41.5. The molecule has 0 N–H and O–H groups in total. The number of ether oxygens (including phenoxy) is 3. The fourth-order valence-electron chi connectivity index (χ4n) is 7.18. The van der Waals surface area contributed by atoms with Crippen molar-refractivity contribution in [2.45, 2.75) is 271 Å². The first kappa shape index (κ1) is 54.9. The van der Waals surface area contributed by atoms with Crippen molar-refractivity contribution in [3.63, 3.8) is 0 Å². The molecule has 0 aromatic rings. The maximum atomic E-state index is 12.7. The molecule has 0 aliphatic carbocycles. The van der Waals surface area contributed by atoms with E-state index in [2.05, 4.69) is 45.1 Å². The zero-order valence-electron chi connectivity index (χ0n) is 38.1. The van der Waals surface area contributed by atoms with Gasteiger partial charge < -0.3 is 14.2 Å². The normalized spacial score (nSPS) is 12.1. The van der Waals surface area contributed by atoms with Gasteiger partial charge in [-0.15, -0.1) is 0 Å². The molecule has 334 valence electrons. The summed E-state index contributed by atoms with van der Waals surface area (Å²) in [6, 6.07) is 0. The number of carbonyl (C=O) groups excluding carboxylic acids is 3. The second kappa shape index (κ2) is 46.6. The molecule has 57 heavy (non-hydrogen) atoms. The maximum Gasteiger partial charge on any atom is 0.306 e. The Morgan fingerprint density at radius 3 is 0.965 bits per heavy atom. The summed E-state index contributed by atoms with van der Waals surface area (Å²) < 4.78 is 16.6. The van der Waals surface area contributed by atoms with Gasteiger partial charge in [0.15, 0.2) is 6.10 Å². The number of rotatable bonds is 45. The molecule has 1 atom stereocenters. The Hall–Kier alpha value is -2.11. The Kier molecular flexibility index (Phi) is 44.9. The third kappa shape index (κ3) is 44.8. The molecule has 0 amide bonds. The predicted molar refractivity (Wildman–Crippen MR) is 243 cm³/mol. The van der Waals surface area contributed by atoms with E-state index in [1.54, 1.807) is 0 Å². The topological polar surface area (TPSA) is 78.9 Å². The SMILES string of the molecule is CCCCCCC/C=C\C/C=C\CCCCCCCCCCCCCC(=O)OCC(COC(=O)CCCCCCC)OC(=O)CCCCCCCCCCCCC. The second-order valence-corrected chi connectivity index (χ2v) is 16.7. The lowest BCUT2D eigenvalue weighted by molar-refractivity contribution is -0.167. The molecule has 0 saturated carbocycles. The molecule has 0 bridgehead atoms. The summed E-state index contributed by atoms with van der Waals surface area (Å²) >= 11 is 0.